The van der Waals surface area contributed by atoms with Crippen molar-refractivity contribution in [1.29, 1.82) is 0 Å². The summed E-state index contributed by atoms with van der Waals surface area (Å²) < 4.78 is 0. The molecule has 2 saturated heterocycles. The Morgan fingerprint density at radius 1 is 1.47 bits per heavy atom. The van der Waals surface area contributed by atoms with E-state index in [4.69, 9.17) is 5.73 Å². The lowest BCUT2D eigenvalue weighted by atomic mass is 10.1. The van der Waals surface area contributed by atoms with Gasteiger partial charge in [0, 0.05) is 31.9 Å². The molecule has 1 aromatic heterocycles. The highest BCUT2D eigenvalue weighted by atomic mass is 16.1. The first-order chi connectivity index (χ1) is 8.25. The van der Waals surface area contributed by atoms with Gasteiger partial charge in [-0.25, -0.2) is 4.98 Å². The predicted octanol–water partition coefficient (Wildman–Crippen LogP) is -0.0214. The van der Waals surface area contributed by atoms with Crippen molar-refractivity contribution in [2.75, 3.05) is 24.5 Å². The molecule has 2 atom stereocenters. The van der Waals surface area contributed by atoms with Gasteiger partial charge in [0.25, 0.3) is 0 Å². The van der Waals surface area contributed by atoms with E-state index in [2.05, 4.69) is 15.2 Å². The van der Waals surface area contributed by atoms with Crippen molar-refractivity contribution in [3.63, 3.8) is 0 Å². The first kappa shape index (κ1) is 10.5. The topological polar surface area (TPSA) is 71.2 Å². The lowest BCUT2D eigenvalue weighted by Crippen LogP contribution is -2.34. The van der Waals surface area contributed by atoms with Crippen molar-refractivity contribution in [3.05, 3.63) is 23.9 Å². The van der Waals surface area contributed by atoms with Crippen LogP contribution in [0.2, 0.25) is 0 Å². The van der Waals surface area contributed by atoms with Crippen molar-refractivity contribution >= 4 is 11.7 Å². The van der Waals surface area contributed by atoms with E-state index in [1.54, 1.807) is 12.3 Å². The fourth-order valence-electron chi connectivity index (χ4n) is 2.84. The van der Waals surface area contributed by atoms with Crippen LogP contribution in [0.25, 0.3) is 0 Å². The molecule has 0 spiro atoms. The second kappa shape index (κ2) is 4.00. The highest BCUT2D eigenvalue weighted by Gasteiger charge is 2.37. The van der Waals surface area contributed by atoms with E-state index in [9.17, 15) is 4.79 Å². The number of hydrogen-bond acceptors (Lipinski definition) is 4. The molecule has 0 unspecified atom stereocenters. The Morgan fingerprint density at radius 3 is 3.06 bits per heavy atom. The lowest BCUT2D eigenvalue weighted by Gasteiger charge is -2.24. The number of nitrogens with two attached hydrogens (primary N) is 1. The summed E-state index contributed by atoms with van der Waals surface area (Å²) in [7, 11) is 0. The summed E-state index contributed by atoms with van der Waals surface area (Å²) in [6, 6.07) is 4.20. The molecule has 2 aliphatic heterocycles. The molecule has 3 rings (SSSR count). The van der Waals surface area contributed by atoms with Crippen LogP contribution >= 0.6 is 0 Å². The molecule has 5 nitrogen and oxygen atoms in total. The number of amides is 1. The standard InChI is InChI=1S/C12H16N4O/c13-12(17)9-1-2-11(15-6-9)16-4-3-8-5-14-7-10(8)16/h1-2,6,8,10,14H,3-5,7H2,(H2,13,17)/t8-,10+/m0/s1. The Morgan fingerprint density at radius 2 is 2.35 bits per heavy atom. The summed E-state index contributed by atoms with van der Waals surface area (Å²) in [6.45, 7) is 3.20. The van der Waals surface area contributed by atoms with E-state index in [0.717, 1.165) is 31.4 Å². The number of anilines is 1. The number of hydrogen-bond donors (Lipinski definition) is 2. The summed E-state index contributed by atoms with van der Waals surface area (Å²) in [6.07, 6.45) is 2.78. The number of primary amides is 1. The average molecular weight is 232 g/mol. The maximum absolute atomic E-state index is 11.0. The summed E-state index contributed by atoms with van der Waals surface area (Å²) in [4.78, 5) is 17.6. The van der Waals surface area contributed by atoms with Crippen molar-refractivity contribution in [3.8, 4) is 0 Å². The zero-order valence-electron chi connectivity index (χ0n) is 9.60. The molecule has 5 heteroatoms. The maximum Gasteiger partial charge on any atom is 0.250 e. The number of fused-ring (bicyclic) bond motifs is 1. The minimum absolute atomic E-state index is 0.425. The Labute approximate surface area is 100 Å². The summed E-state index contributed by atoms with van der Waals surface area (Å²) >= 11 is 0. The number of aromatic nitrogens is 1. The van der Waals surface area contributed by atoms with Crippen LogP contribution in [0, 0.1) is 5.92 Å². The van der Waals surface area contributed by atoms with E-state index in [1.165, 1.54) is 6.42 Å². The van der Waals surface area contributed by atoms with Gasteiger partial charge < -0.3 is 16.0 Å². The number of carbonyl (C=O) groups excluding carboxylic acids is 1. The highest BCUT2D eigenvalue weighted by Crippen LogP contribution is 2.30. The summed E-state index contributed by atoms with van der Waals surface area (Å²) in [5, 5.41) is 3.41. The predicted molar refractivity (Wildman–Crippen MR) is 64.9 cm³/mol. The molecule has 2 aliphatic rings. The molecule has 0 aliphatic carbocycles. The third kappa shape index (κ3) is 1.76. The molecule has 0 bridgehead atoms. The van der Waals surface area contributed by atoms with Crippen molar-refractivity contribution < 1.29 is 4.79 Å². The molecule has 3 heterocycles. The number of carbonyl (C=O) groups is 1. The quantitative estimate of drug-likeness (QED) is 0.751. The molecule has 1 aromatic rings. The monoisotopic (exact) mass is 232 g/mol. The third-order valence-electron chi connectivity index (χ3n) is 3.77. The van der Waals surface area contributed by atoms with Gasteiger partial charge in [-0.2, -0.15) is 0 Å². The third-order valence-corrected chi connectivity index (χ3v) is 3.77. The molecule has 0 saturated carbocycles. The Hall–Kier alpha value is -1.62. The smallest absolute Gasteiger partial charge is 0.250 e. The number of nitrogens with zero attached hydrogens (tertiary/aromatic N) is 2. The highest BCUT2D eigenvalue weighted by molar-refractivity contribution is 5.92. The van der Waals surface area contributed by atoms with Crippen LogP contribution in [0.1, 0.15) is 16.8 Å². The van der Waals surface area contributed by atoms with Gasteiger partial charge in [-0.1, -0.05) is 0 Å². The Bertz CT molecular complexity index is 431. The van der Waals surface area contributed by atoms with Gasteiger partial charge in [0.05, 0.1) is 5.56 Å². The SMILES string of the molecule is NC(=O)c1ccc(N2CC[C@H]3CNC[C@H]32)nc1. The van der Waals surface area contributed by atoms with Crippen LogP contribution in [0.5, 0.6) is 0 Å². The Balaban J connectivity index is 1.82. The van der Waals surface area contributed by atoms with Gasteiger partial charge in [-0.3, -0.25) is 4.79 Å². The largest absolute Gasteiger partial charge is 0.366 e. The molecule has 90 valence electrons. The minimum atomic E-state index is -0.425. The van der Waals surface area contributed by atoms with E-state index in [0.29, 0.717) is 11.6 Å². The fraction of sp³-hybridized carbons (Fsp3) is 0.500. The van der Waals surface area contributed by atoms with Crippen molar-refractivity contribution in [2.45, 2.75) is 12.5 Å². The number of rotatable bonds is 2. The van der Waals surface area contributed by atoms with Gasteiger partial charge in [0.2, 0.25) is 5.91 Å². The van der Waals surface area contributed by atoms with E-state index >= 15 is 0 Å². The molecule has 2 fully saturated rings. The molecule has 1 amide bonds. The van der Waals surface area contributed by atoms with Crippen molar-refractivity contribution in [2.24, 2.45) is 11.7 Å². The first-order valence-electron chi connectivity index (χ1n) is 5.99. The molecular weight excluding hydrogens is 216 g/mol. The Kier molecular flexibility index (Phi) is 2.48. The summed E-state index contributed by atoms with van der Waals surface area (Å²) in [5.41, 5.74) is 5.67. The van der Waals surface area contributed by atoms with Gasteiger partial charge >= 0.3 is 0 Å². The normalized spacial score (nSPS) is 27.2. The van der Waals surface area contributed by atoms with Crippen LogP contribution in [0.3, 0.4) is 0 Å². The molecule has 17 heavy (non-hydrogen) atoms. The van der Waals surface area contributed by atoms with Gasteiger partial charge in [0.15, 0.2) is 0 Å². The van der Waals surface area contributed by atoms with E-state index in [-0.39, 0.29) is 0 Å². The average Bonchev–Trinajstić information content (AvgIpc) is 2.90. The molecular formula is C12H16N4O. The van der Waals surface area contributed by atoms with Crippen LogP contribution in [-0.4, -0.2) is 36.6 Å². The van der Waals surface area contributed by atoms with Gasteiger partial charge in [-0.15, -0.1) is 0 Å². The summed E-state index contributed by atoms with van der Waals surface area (Å²) in [5.74, 6) is 1.27. The van der Waals surface area contributed by atoms with Crippen LogP contribution in [0.4, 0.5) is 5.82 Å². The minimum Gasteiger partial charge on any atom is -0.366 e. The van der Waals surface area contributed by atoms with Crippen LogP contribution in [0.15, 0.2) is 18.3 Å². The molecule has 0 radical (unpaired) electrons. The zero-order chi connectivity index (χ0) is 11.8. The van der Waals surface area contributed by atoms with Crippen molar-refractivity contribution in [1.82, 2.24) is 10.3 Å². The van der Waals surface area contributed by atoms with E-state index in [1.807, 2.05) is 6.07 Å². The molecule has 3 N–H and O–H groups in total. The maximum atomic E-state index is 11.0. The van der Waals surface area contributed by atoms with Crippen LogP contribution < -0.4 is 16.0 Å². The second-order valence-electron chi connectivity index (χ2n) is 4.74. The number of pyridine rings is 1. The van der Waals surface area contributed by atoms with Crippen LogP contribution in [-0.2, 0) is 0 Å². The lowest BCUT2D eigenvalue weighted by molar-refractivity contribution is 0.1000. The first-order valence-corrected chi connectivity index (χ1v) is 5.99. The van der Waals surface area contributed by atoms with Gasteiger partial charge in [0.1, 0.15) is 5.82 Å². The number of nitrogens with one attached hydrogen (secondary N) is 1. The fourth-order valence-corrected chi connectivity index (χ4v) is 2.84. The second-order valence-corrected chi connectivity index (χ2v) is 4.74. The van der Waals surface area contributed by atoms with E-state index < -0.39 is 5.91 Å². The molecule has 0 aromatic carbocycles. The zero-order valence-corrected chi connectivity index (χ0v) is 9.60. The van der Waals surface area contributed by atoms with Gasteiger partial charge in [-0.05, 0) is 24.5 Å².